The molecule has 6 nitrogen and oxygen atoms in total. The zero-order chi connectivity index (χ0) is 19.3. The average Bonchev–Trinajstić information content (AvgIpc) is 3.45. The Morgan fingerprint density at radius 1 is 1.00 bits per heavy atom. The van der Waals surface area contributed by atoms with E-state index in [1.165, 1.54) is 5.56 Å². The number of carbonyl (C=O) groups excluding carboxylic acids is 2. The molecule has 2 aromatic carbocycles. The molecule has 142 valence electrons. The maximum absolute atomic E-state index is 12.3. The van der Waals surface area contributed by atoms with Crippen molar-refractivity contribution in [3.63, 3.8) is 0 Å². The largest absolute Gasteiger partial charge is 0.348 e. The number of hydrogen-bond donors (Lipinski definition) is 2. The molecule has 2 amide bonds. The molecule has 0 saturated heterocycles. The van der Waals surface area contributed by atoms with E-state index in [2.05, 4.69) is 27.8 Å². The van der Waals surface area contributed by atoms with Gasteiger partial charge < -0.3 is 15.2 Å². The molecular weight excluding hydrogens is 352 g/mol. The molecule has 1 saturated carbocycles. The minimum absolute atomic E-state index is 0.0636. The number of benzene rings is 2. The number of carbonyl (C=O) groups is 2. The van der Waals surface area contributed by atoms with Gasteiger partial charge in [0.1, 0.15) is 0 Å². The third-order valence-corrected chi connectivity index (χ3v) is 4.76. The zero-order valence-corrected chi connectivity index (χ0v) is 15.5. The molecule has 0 unspecified atom stereocenters. The summed E-state index contributed by atoms with van der Waals surface area (Å²) in [5, 5.41) is 5.80. The lowest BCUT2D eigenvalue weighted by Gasteiger charge is -2.08. The van der Waals surface area contributed by atoms with Gasteiger partial charge in [0.2, 0.25) is 5.91 Å². The summed E-state index contributed by atoms with van der Waals surface area (Å²) in [5.74, 6) is 0.0885. The van der Waals surface area contributed by atoms with E-state index in [-0.39, 0.29) is 17.7 Å². The summed E-state index contributed by atoms with van der Waals surface area (Å²) in [6, 6.07) is 15.1. The quantitative estimate of drug-likeness (QED) is 0.667. The van der Waals surface area contributed by atoms with E-state index in [9.17, 15) is 9.59 Å². The Kier molecular flexibility index (Phi) is 5.19. The lowest BCUT2D eigenvalue weighted by molar-refractivity contribution is -0.117. The zero-order valence-electron chi connectivity index (χ0n) is 15.5. The second-order valence-electron chi connectivity index (χ2n) is 7.08. The number of nitrogens with one attached hydrogen (secondary N) is 2. The molecule has 4 rings (SSSR count). The van der Waals surface area contributed by atoms with Crippen molar-refractivity contribution in [2.45, 2.75) is 25.9 Å². The van der Waals surface area contributed by atoms with Crippen LogP contribution in [0.5, 0.6) is 0 Å². The van der Waals surface area contributed by atoms with Crippen molar-refractivity contribution in [2.75, 3.05) is 5.32 Å². The van der Waals surface area contributed by atoms with Gasteiger partial charge in [-0.25, -0.2) is 4.98 Å². The van der Waals surface area contributed by atoms with Crippen molar-refractivity contribution >= 4 is 17.5 Å². The van der Waals surface area contributed by atoms with Gasteiger partial charge in [0, 0.05) is 42.7 Å². The van der Waals surface area contributed by atoms with Gasteiger partial charge in [-0.1, -0.05) is 24.3 Å². The van der Waals surface area contributed by atoms with Crippen LogP contribution >= 0.6 is 0 Å². The highest BCUT2D eigenvalue weighted by Gasteiger charge is 2.29. The Morgan fingerprint density at radius 2 is 1.71 bits per heavy atom. The lowest BCUT2D eigenvalue weighted by atomic mass is 10.1. The Balaban J connectivity index is 1.28. The predicted octanol–water partition coefficient (Wildman–Crippen LogP) is 3.21. The van der Waals surface area contributed by atoms with Crippen LogP contribution in [-0.2, 0) is 17.9 Å². The first kappa shape index (κ1) is 18.0. The second kappa shape index (κ2) is 8.08. The van der Waals surface area contributed by atoms with E-state index in [4.69, 9.17) is 0 Å². The molecule has 1 fully saturated rings. The molecule has 28 heavy (non-hydrogen) atoms. The Labute approximate surface area is 163 Å². The van der Waals surface area contributed by atoms with Crippen LogP contribution in [0.1, 0.15) is 34.3 Å². The molecule has 1 aliphatic carbocycles. The van der Waals surface area contributed by atoms with Crippen LogP contribution in [-0.4, -0.2) is 21.4 Å². The van der Waals surface area contributed by atoms with Crippen LogP contribution in [0.15, 0.2) is 67.3 Å². The summed E-state index contributed by atoms with van der Waals surface area (Å²) in [5.41, 5.74) is 3.51. The van der Waals surface area contributed by atoms with Crippen LogP contribution in [0.2, 0.25) is 0 Å². The first-order valence-corrected chi connectivity index (χ1v) is 9.40. The van der Waals surface area contributed by atoms with Crippen LogP contribution < -0.4 is 10.6 Å². The van der Waals surface area contributed by atoms with Gasteiger partial charge in [0.15, 0.2) is 0 Å². The van der Waals surface area contributed by atoms with E-state index in [1.54, 1.807) is 36.8 Å². The molecular formula is C22H22N4O2. The molecule has 6 heteroatoms. The van der Waals surface area contributed by atoms with Gasteiger partial charge >= 0.3 is 0 Å². The molecule has 3 aromatic rings. The number of amides is 2. The van der Waals surface area contributed by atoms with Gasteiger partial charge in [-0.3, -0.25) is 9.59 Å². The third kappa shape index (κ3) is 4.65. The molecule has 1 aliphatic rings. The first-order chi connectivity index (χ1) is 13.7. The van der Waals surface area contributed by atoms with Crippen LogP contribution in [0.3, 0.4) is 0 Å². The van der Waals surface area contributed by atoms with Crippen LogP contribution in [0.25, 0.3) is 0 Å². The van der Waals surface area contributed by atoms with E-state index < -0.39 is 0 Å². The molecule has 0 bridgehead atoms. The molecule has 1 aromatic heterocycles. The van der Waals surface area contributed by atoms with Gasteiger partial charge in [-0.2, -0.15) is 0 Å². The fraction of sp³-hybridized carbons (Fsp3) is 0.227. The molecule has 0 atom stereocenters. The molecule has 1 heterocycles. The van der Waals surface area contributed by atoms with Crippen molar-refractivity contribution in [1.82, 2.24) is 14.9 Å². The SMILES string of the molecule is O=C(NCc1ccc(Cn2ccnc2)cc1)c1ccc(NC(=O)C2CC2)cc1. The maximum Gasteiger partial charge on any atom is 0.251 e. The lowest BCUT2D eigenvalue weighted by Crippen LogP contribution is -2.22. The summed E-state index contributed by atoms with van der Waals surface area (Å²) in [6.07, 6.45) is 7.42. The summed E-state index contributed by atoms with van der Waals surface area (Å²) >= 11 is 0. The van der Waals surface area contributed by atoms with E-state index in [1.807, 2.05) is 22.9 Å². The second-order valence-corrected chi connectivity index (χ2v) is 7.08. The first-order valence-electron chi connectivity index (χ1n) is 9.40. The van der Waals surface area contributed by atoms with Crippen molar-refractivity contribution < 1.29 is 9.59 Å². The fourth-order valence-electron chi connectivity index (χ4n) is 2.93. The smallest absolute Gasteiger partial charge is 0.251 e. The standard InChI is InChI=1S/C22H22N4O2/c27-21(18-7-9-20(10-8-18)25-22(28)19-5-6-19)24-13-16-1-3-17(4-2-16)14-26-12-11-23-15-26/h1-4,7-12,15,19H,5-6,13-14H2,(H,24,27)(H,25,28). The number of aromatic nitrogens is 2. The van der Waals surface area contributed by atoms with E-state index >= 15 is 0 Å². The minimum atomic E-state index is -0.137. The van der Waals surface area contributed by atoms with Crippen LogP contribution in [0.4, 0.5) is 5.69 Å². The van der Waals surface area contributed by atoms with Gasteiger partial charge in [-0.05, 0) is 48.2 Å². The van der Waals surface area contributed by atoms with Crippen molar-refractivity contribution in [3.8, 4) is 0 Å². The van der Waals surface area contributed by atoms with E-state index in [0.29, 0.717) is 12.1 Å². The fourth-order valence-corrected chi connectivity index (χ4v) is 2.93. The number of anilines is 1. The van der Waals surface area contributed by atoms with Gasteiger partial charge in [0.25, 0.3) is 5.91 Å². The highest BCUT2D eigenvalue weighted by molar-refractivity contribution is 5.96. The maximum atomic E-state index is 12.3. The average molecular weight is 374 g/mol. The topological polar surface area (TPSA) is 76.0 Å². The monoisotopic (exact) mass is 374 g/mol. The molecule has 0 radical (unpaired) electrons. The highest BCUT2D eigenvalue weighted by Crippen LogP contribution is 2.30. The summed E-state index contributed by atoms with van der Waals surface area (Å²) in [7, 11) is 0. The summed E-state index contributed by atoms with van der Waals surface area (Å²) in [4.78, 5) is 28.1. The summed E-state index contributed by atoms with van der Waals surface area (Å²) in [6.45, 7) is 1.24. The highest BCUT2D eigenvalue weighted by atomic mass is 16.2. The van der Waals surface area contributed by atoms with E-state index in [0.717, 1.165) is 30.6 Å². The van der Waals surface area contributed by atoms with Gasteiger partial charge in [-0.15, -0.1) is 0 Å². The Hall–Kier alpha value is -3.41. The normalized spacial score (nSPS) is 13.1. The van der Waals surface area contributed by atoms with Crippen molar-refractivity contribution in [2.24, 2.45) is 5.92 Å². The van der Waals surface area contributed by atoms with Crippen molar-refractivity contribution in [3.05, 3.63) is 83.9 Å². The Morgan fingerprint density at radius 3 is 2.36 bits per heavy atom. The number of rotatable bonds is 7. The van der Waals surface area contributed by atoms with Gasteiger partial charge in [0.05, 0.1) is 6.33 Å². The molecule has 2 N–H and O–H groups in total. The minimum Gasteiger partial charge on any atom is -0.348 e. The molecule has 0 aliphatic heterocycles. The predicted molar refractivity (Wildman–Crippen MR) is 107 cm³/mol. The summed E-state index contributed by atoms with van der Waals surface area (Å²) < 4.78 is 2.01. The molecule has 0 spiro atoms. The van der Waals surface area contributed by atoms with Crippen LogP contribution in [0, 0.1) is 5.92 Å². The van der Waals surface area contributed by atoms with Crippen molar-refractivity contribution in [1.29, 1.82) is 0 Å². The number of imidazole rings is 1. The Bertz CT molecular complexity index is 943. The number of nitrogens with zero attached hydrogens (tertiary/aromatic N) is 2. The third-order valence-electron chi connectivity index (χ3n) is 4.76. The number of hydrogen-bond acceptors (Lipinski definition) is 3.